The van der Waals surface area contributed by atoms with Crippen molar-refractivity contribution in [2.75, 3.05) is 0 Å². The van der Waals surface area contributed by atoms with Crippen molar-refractivity contribution in [1.29, 1.82) is 0 Å². The average molecular weight is 447 g/mol. The lowest BCUT2D eigenvalue weighted by atomic mass is 10.1. The Morgan fingerprint density at radius 2 is 0.594 bits per heavy atom. The second-order valence-electron chi connectivity index (χ2n) is 6.93. The van der Waals surface area contributed by atoms with Crippen LogP contribution in [0, 0.1) is 35.5 Å². The van der Waals surface area contributed by atoms with E-state index in [0.29, 0.717) is 10.0 Å². The summed E-state index contributed by atoms with van der Waals surface area (Å²) in [5.41, 5.74) is 5.36. The Kier molecular flexibility index (Phi) is 6.98. The first kappa shape index (κ1) is 21.4. The summed E-state index contributed by atoms with van der Waals surface area (Å²) in [6.45, 7) is 0. The first-order chi connectivity index (χ1) is 15.6. The van der Waals surface area contributed by atoms with E-state index < -0.39 is 0 Å². The number of rotatable bonds is 0. The number of hydrogen-bond acceptors (Lipinski definition) is 0. The SMILES string of the molecule is Clc1cccc(C#Cc2cccc(C#Cc3cccc(C#Cc4cccc(Cl)c4)c3)c2)c1. The zero-order valence-electron chi connectivity index (χ0n) is 17.0. The van der Waals surface area contributed by atoms with Gasteiger partial charge in [0.05, 0.1) is 0 Å². The highest BCUT2D eigenvalue weighted by atomic mass is 35.5. The lowest BCUT2D eigenvalue weighted by molar-refractivity contribution is 1.57. The van der Waals surface area contributed by atoms with Crippen LogP contribution in [-0.4, -0.2) is 0 Å². The fourth-order valence-electron chi connectivity index (χ4n) is 2.91. The molecule has 32 heavy (non-hydrogen) atoms. The van der Waals surface area contributed by atoms with E-state index in [-0.39, 0.29) is 0 Å². The van der Waals surface area contributed by atoms with E-state index in [2.05, 4.69) is 35.5 Å². The van der Waals surface area contributed by atoms with Crippen LogP contribution in [0.2, 0.25) is 10.0 Å². The van der Waals surface area contributed by atoms with E-state index in [1.165, 1.54) is 0 Å². The Bertz CT molecular complexity index is 1350. The van der Waals surface area contributed by atoms with Crippen LogP contribution in [0.1, 0.15) is 33.4 Å². The average Bonchev–Trinajstić information content (AvgIpc) is 2.81. The molecule has 0 amide bonds. The predicted molar refractivity (Wildman–Crippen MR) is 134 cm³/mol. The van der Waals surface area contributed by atoms with Gasteiger partial charge in [-0.15, -0.1) is 0 Å². The third kappa shape index (κ3) is 6.32. The molecule has 0 unspecified atom stereocenters. The van der Waals surface area contributed by atoms with Crippen molar-refractivity contribution in [2.45, 2.75) is 0 Å². The van der Waals surface area contributed by atoms with Gasteiger partial charge in [-0.3, -0.25) is 0 Å². The quantitative estimate of drug-likeness (QED) is 0.250. The van der Waals surface area contributed by atoms with Gasteiger partial charge in [0.25, 0.3) is 0 Å². The molecule has 0 radical (unpaired) electrons. The zero-order chi connectivity index (χ0) is 22.2. The summed E-state index contributed by atoms with van der Waals surface area (Å²) in [5.74, 6) is 19.0. The van der Waals surface area contributed by atoms with Crippen molar-refractivity contribution >= 4 is 23.2 Å². The molecule has 0 aliphatic carbocycles. The lowest BCUT2D eigenvalue weighted by Gasteiger charge is -1.95. The molecule has 0 heterocycles. The van der Waals surface area contributed by atoms with E-state index in [1.54, 1.807) is 0 Å². The van der Waals surface area contributed by atoms with Gasteiger partial charge >= 0.3 is 0 Å². The van der Waals surface area contributed by atoms with Crippen LogP contribution in [0.4, 0.5) is 0 Å². The Labute approximate surface area is 198 Å². The molecule has 0 saturated carbocycles. The van der Waals surface area contributed by atoms with E-state index in [9.17, 15) is 0 Å². The van der Waals surface area contributed by atoms with Gasteiger partial charge in [-0.25, -0.2) is 0 Å². The molecule has 0 saturated heterocycles. The van der Waals surface area contributed by atoms with Gasteiger partial charge < -0.3 is 0 Å². The van der Waals surface area contributed by atoms with Gasteiger partial charge in [0.1, 0.15) is 0 Å². The third-order valence-electron chi connectivity index (χ3n) is 4.43. The van der Waals surface area contributed by atoms with E-state index in [4.69, 9.17) is 23.2 Å². The number of halogens is 2. The van der Waals surface area contributed by atoms with Crippen LogP contribution in [0.3, 0.4) is 0 Å². The maximum Gasteiger partial charge on any atom is 0.0418 e. The second-order valence-corrected chi connectivity index (χ2v) is 7.81. The fraction of sp³-hybridized carbons (Fsp3) is 0. The van der Waals surface area contributed by atoms with Crippen molar-refractivity contribution in [3.63, 3.8) is 0 Å². The van der Waals surface area contributed by atoms with E-state index >= 15 is 0 Å². The molecule has 0 nitrogen and oxygen atoms in total. The van der Waals surface area contributed by atoms with Crippen LogP contribution < -0.4 is 0 Å². The summed E-state index contributed by atoms with van der Waals surface area (Å²) in [6.07, 6.45) is 0. The molecule has 0 aliphatic heterocycles. The first-order valence-electron chi connectivity index (χ1n) is 9.91. The van der Waals surface area contributed by atoms with Crippen LogP contribution >= 0.6 is 23.2 Å². The molecule has 0 fully saturated rings. The minimum absolute atomic E-state index is 0.677. The Balaban J connectivity index is 1.52. The molecule has 0 atom stereocenters. The van der Waals surface area contributed by atoms with Crippen molar-refractivity contribution in [3.05, 3.63) is 140 Å². The topological polar surface area (TPSA) is 0 Å². The van der Waals surface area contributed by atoms with Crippen LogP contribution in [-0.2, 0) is 0 Å². The van der Waals surface area contributed by atoms with Gasteiger partial charge in [-0.1, -0.05) is 83.0 Å². The van der Waals surface area contributed by atoms with Gasteiger partial charge in [0.2, 0.25) is 0 Å². The number of benzene rings is 4. The van der Waals surface area contributed by atoms with Gasteiger partial charge in [0, 0.05) is 43.4 Å². The fourth-order valence-corrected chi connectivity index (χ4v) is 3.30. The molecule has 0 bridgehead atoms. The summed E-state index contributed by atoms with van der Waals surface area (Å²) in [6, 6.07) is 30.8. The molecule has 0 N–H and O–H groups in total. The van der Waals surface area contributed by atoms with Gasteiger partial charge in [0.15, 0.2) is 0 Å². The second kappa shape index (κ2) is 10.4. The molecule has 4 aromatic rings. The highest BCUT2D eigenvalue weighted by Gasteiger charge is 1.94. The molecule has 0 aliphatic rings. The summed E-state index contributed by atoms with van der Waals surface area (Å²) in [5, 5.41) is 1.35. The molecule has 0 spiro atoms. The van der Waals surface area contributed by atoms with Crippen LogP contribution in [0.15, 0.2) is 97.1 Å². The summed E-state index contributed by atoms with van der Waals surface area (Å²) >= 11 is 12.0. The molecular weight excluding hydrogens is 431 g/mol. The zero-order valence-corrected chi connectivity index (χ0v) is 18.5. The lowest BCUT2D eigenvalue weighted by Crippen LogP contribution is -1.81. The van der Waals surface area contributed by atoms with E-state index in [0.717, 1.165) is 33.4 Å². The first-order valence-corrected chi connectivity index (χ1v) is 10.7. The van der Waals surface area contributed by atoms with Crippen LogP contribution in [0.25, 0.3) is 0 Å². The van der Waals surface area contributed by atoms with Crippen molar-refractivity contribution in [1.82, 2.24) is 0 Å². The maximum absolute atomic E-state index is 6.02. The minimum atomic E-state index is 0.677. The summed E-state index contributed by atoms with van der Waals surface area (Å²) < 4.78 is 0. The monoisotopic (exact) mass is 446 g/mol. The van der Waals surface area contributed by atoms with Crippen molar-refractivity contribution in [3.8, 4) is 35.5 Å². The Hall–Kier alpha value is -3.86. The molecular formula is C30H16Cl2. The summed E-state index contributed by atoms with van der Waals surface area (Å²) in [7, 11) is 0. The minimum Gasteiger partial charge on any atom is -0.0843 e. The molecule has 150 valence electrons. The highest BCUT2D eigenvalue weighted by molar-refractivity contribution is 6.30. The molecule has 2 heteroatoms. The smallest absolute Gasteiger partial charge is 0.0418 e. The van der Waals surface area contributed by atoms with Gasteiger partial charge in [-0.05, 0) is 72.8 Å². The molecule has 0 aromatic heterocycles. The van der Waals surface area contributed by atoms with Gasteiger partial charge in [-0.2, -0.15) is 0 Å². The van der Waals surface area contributed by atoms with E-state index in [1.807, 2.05) is 97.1 Å². The van der Waals surface area contributed by atoms with Crippen molar-refractivity contribution < 1.29 is 0 Å². The molecule has 4 aromatic carbocycles. The van der Waals surface area contributed by atoms with Crippen molar-refractivity contribution in [2.24, 2.45) is 0 Å². The standard InChI is InChI=1S/C30H16Cl2/c31-29-11-3-9-27(21-29)17-15-25-7-1-5-23(19-25)13-14-24-6-2-8-26(20-24)16-18-28-10-4-12-30(32)22-28/h1-12,19-22H. The van der Waals surface area contributed by atoms with Crippen LogP contribution in [0.5, 0.6) is 0 Å². The predicted octanol–water partition coefficient (Wildman–Crippen LogP) is 7.19. The molecule has 4 rings (SSSR count). The maximum atomic E-state index is 6.02. The summed E-state index contributed by atoms with van der Waals surface area (Å²) in [4.78, 5) is 0. The highest BCUT2D eigenvalue weighted by Crippen LogP contribution is 2.11. The normalized spacial score (nSPS) is 9.44. The third-order valence-corrected chi connectivity index (χ3v) is 4.90. The largest absolute Gasteiger partial charge is 0.0843 e. The number of hydrogen-bond donors (Lipinski definition) is 0. The Morgan fingerprint density at radius 3 is 0.875 bits per heavy atom. The Morgan fingerprint density at radius 1 is 0.344 bits per heavy atom.